The van der Waals surface area contributed by atoms with E-state index in [1.807, 2.05) is 0 Å². The zero-order valence-corrected chi connectivity index (χ0v) is 17.7. The van der Waals surface area contributed by atoms with Crippen LogP contribution in [0.1, 0.15) is 6.92 Å². The van der Waals surface area contributed by atoms with Crippen LogP contribution in [0.3, 0.4) is 0 Å². The molecule has 158 valence electrons. The third kappa shape index (κ3) is 7.14. The van der Waals surface area contributed by atoms with Crippen LogP contribution in [0.2, 0.25) is 5.02 Å². The summed E-state index contributed by atoms with van der Waals surface area (Å²) in [5, 5.41) is 0.415. The van der Waals surface area contributed by atoms with E-state index < -0.39 is 40.0 Å². The second kappa shape index (κ2) is 10.8. The summed E-state index contributed by atoms with van der Waals surface area (Å²) in [7, 11) is -3.71. The normalized spacial score (nSPS) is 11.3. The summed E-state index contributed by atoms with van der Waals surface area (Å²) in [6.07, 6.45) is 0. The minimum atomic E-state index is -3.71. The topological polar surface area (TPSA) is 81.7 Å². The van der Waals surface area contributed by atoms with Crippen LogP contribution in [-0.4, -0.2) is 39.9 Å². The first-order valence-electron chi connectivity index (χ1n) is 8.38. The lowest BCUT2D eigenvalue weighted by molar-refractivity contribution is -0.145. The van der Waals surface area contributed by atoms with E-state index in [-0.39, 0.29) is 28.7 Å². The first-order chi connectivity index (χ1) is 13.7. The van der Waals surface area contributed by atoms with Crippen LogP contribution in [0, 0.1) is 11.6 Å². The van der Waals surface area contributed by atoms with Gasteiger partial charge >= 0.3 is 5.97 Å². The first kappa shape index (κ1) is 23.4. The van der Waals surface area contributed by atoms with Crippen molar-refractivity contribution in [2.45, 2.75) is 16.7 Å². The highest BCUT2D eigenvalue weighted by molar-refractivity contribution is 7.99. The lowest BCUT2D eigenvalue weighted by Gasteiger charge is -2.10. The molecule has 2 aromatic rings. The molecule has 0 aliphatic heterocycles. The smallest absolute Gasteiger partial charge is 0.344 e. The minimum Gasteiger partial charge on any atom is -0.476 e. The molecule has 2 aromatic carbocycles. The average Bonchev–Trinajstić information content (AvgIpc) is 2.65. The minimum absolute atomic E-state index is 0.0416. The Morgan fingerprint density at radius 3 is 2.38 bits per heavy atom. The maximum Gasteiger partial charge on any atom is 0.344 e. The molecule has 0 saturated carbocycles. The van der Waals surface area contributed by atoms with Crippen molar-refractivity contribution >= 4 is 39.4 Å². The maximum atomic E-state index is 14.0. The lowest BCUT2D eigenvalue weighted by atomic mass is 10.3. The summed E-state index contributed by atoms with van der Waals surface area (Å²) in [5.41, 5.74) is 0. The van der Waals surface area contributed by atoms with E-state index in [4.69, 9.17) is 16.3 Å². The number of ether oxygens (including phenoxy) is 2. The van der Waals surface area contributed by atoms with E-state index in [1.54, 1.807) is 6.92 Å². The molecule has 0 aliphatic carbocycles. The highest BCUT2D eigenvalue weighted by atomic mass is 35.5. The van der Waals surface area contributed by atoms with Crippen LogP contribution in [0.15, 0.2) is 46.2 Å². The Morgan fingerprint density at radius 1 is 1.17 bits per heavy atom. The molecule has 0 bridgehead atoms. The Kier molecular flexibility index (Phi) is 8.69. The summed E-state index contributed by atoms with van der Waals surface area (Å²) in [4.78, 5) is 11.5. The molecule has 6 nitrogen and oxygen atoms in total. The molecule has 0 unspecified atom stereocenters. The van der Waals surface area contributed by atoms with Crippen LogP contribution in [0.4, 0.5) is 8.78 Å². The van der Waals surface area contributed by atoms with E-state index in [1.165, 1.54) is 24.3 Å². The number of benzene rings is 2. The molecular formula is C18H18ClF2NO5S2. The highest BCUT2D eigenvalue weighted by Crippen LogP contribution is 2.28. The number of sulfonamides is 1. The van der Waals surface area contributed by atoms with Gasteiger partial charge in [-0.25, -0.2) is 26.7 Å². The van der Waals surface area contributed by atoms with Crippen molar-refractivity contribution in [1.29, 1.82) is 0 Å². The molecule has 0 aliphatic rings. The zero-order valence-electron chi connectivity index (χ0n) is 15.3. The van der Waals surface area contributed by atoms with E-state index in [0.29, 0.717) is 5.02 Å². The molecule has 0 radical (unpaired) electrons. The second-order valence-electron chi connectivity index (χ2n) is 5.51. The number of carbonyl (C=O) groups is 1. The fourth-order valence-corrected chi connectivity index (χ4v) is 4.23. The molecule has 0 amide bonds. The van der Waals surface area contributed by atoms with Crippen LogP contribution >= 0.6 is 23.4 Å². The number of esters is 1. The third-order valence-corrected chi connectivity index (χ3v) is 6.10. The molecule has 1 N–H and O–H groups in total. The van der Waals surface area contributed by atoms with Gasteiger partial charge in [0.05, 0.1) is 11.5 Å². The predicted molar refractivity (Wildman–Crippen MR) is 106 cm³/mol. The number of nitrogens with one attached hydrogen (secondary N) is 1. The number of halogens is 3. The van der Waals surface area contributed by atoms with Gasteiger partial charge in [0, 0.05) is 22.2 Å². The second-order valence-corrected chi connectivity index (χ2v) is 8.88. The number of rotatable bonds is 10. The number of thioether (sulfide) groups is 1. The van der Waals surface area contributed by atoms with Gasteiger partial charge in [-0.3, -0.25) is 0 Å². The van der Waals surface area contributed by atoms with Crippen molar-refractivity contribution in [2.75, 3.05) is 25.5 Å². The van der Waals surface area contributed by atoms with Gasteiger partial charge in [-0.2, -0.15) is 0 Å². The molecule has 0 spiro atoms. The Balaban J connectivity index is 1.89. The van der Waals surface area contributed by atoms with Crippen molar-refractivity contribution in [2.24, 2.45) is 0 Å². The summed E-state index contributed by atoms with van der Waals surface area (Å²) < 4.78 is 64.2. The van der Waals surface area contributed by atoms with Crippen LogP contribution in [-0.2, 0) is 19.6 Å². The Labute approximate surface area is 176 Å². The number of hydrogen-bond acceptors (Lipinski definition) is 6. The Bertz CT molecular complexity index is 932. The fourth-order valence-electron chi connectivity index (χ4n) is 2.13. The van der Waals surface area contributed by atoms with E-state index >= 15 is 0 Å². The molecule has 11 heteroatoms. The van der Waals surface area contributed by atoms with Gasteiger partial charge in [-0.15, -0.1) is 11.8 Å². The van der Waals surface area contributed by atoms with E-state index in [9.17, 15) is 22.0 Å². The van der Waals surface area contributed by atoms with Crippen molar-refractivity contribution in [3.05, 3.63) is 53.1 Å². The molecule has 0 heterocycles. The Hall–Kier alpha value is -1.88. The standard InChI is InChI=1S/C18H18ClF2NO5S2/c1-2-26-17(23)11-27-18-15(20)9-13(10-16(18)21)28-8-7-22-29(24,25)14-5-3-12(19)4-6-14/h3-6,9-10,22H,2,7-8,11H2,1H3. The van der Waals surface area contributed by atoms with E-state index in [0.717, 1.165) is 23.9 Å². The molecule has 0 aromatic heterocycles. The van der Waals surface area contributed by atoms with Crippen molar-refractivity contribution in [3.63, 3.8) is 0 Å². The quantitative estimate of drug-likeness (QED) is 0.328. The summed E-state index contributed by atoms with van der Waals surface area (Å²) in [6, 6.07) is 7.75. The van der Waals surface area contributed by atoms with Gasteiger partial charge in [0.15, 0.2) is 24.0 Å². The fraction of sp³-hybridized carbons (Fsp3) is 0.278. The lowest BCUT2D eigenvalue weighted by Crippen LogP contribution is -2.26. The van der Waals surface area contributed by atoms with Crippen molar-refractivity contribution < 1.29 is 31.5 Å². The predicted octanol–water partition coefficient (Wildman–Crippen LogP) is 3.63. The summed E-state index contributed by atoms with van der Waals surface area (Å²) >= 11 is 6.78. The van der Waals surface area contributed by atoms with Crippen LogP contribution in [0.25, 0.3) is 0 Å². The largest absolute Gasteiger partial charge is 0.476 e. The highest BCUT2D eigenvalue weighted by Gasteiger charge is 2.16. The summed E-state index contributed by atoms with van der Waals surface area (Å²) in [6.45, 7) is 1.16. The molecular weight excluding hydrogens is 448 g/mol. The van der Waals surface area contributed by atoms with Gasteiger partial charge in [-0.05, 0) is 43.3 Å². The Morgan fingerprint density at radius 2 is 1.79 bits per heavy atom. The average molecular weight is 466 g/mol. The van der Waals surface area contributed by atoms with Gasteiger partial charge in [0.2, 0.25) is 10.0 Å². The van der Waals surface area contributed by atoms with Gasteiger partial charge < -0.3 is 9.47 Å². The SMILES string of the molecule is CCOC(=O)COc1c(F)cc(SCCNS(=O)(=O)c2ccc(Cl)cc2)cc1F. The van der Waals surface area contributed by atoms with Crippen LogP contribution < -0.4 is 9.46 Å². The van der Waals surface area contributed by atoms with Gasteiger partial charge in [-0.1, -0.05) is 11.6 Å². The van der Waals surface area contributed by atoms with Gasteiger partial charge in [0.1, 0.15) is 0 Å². The summed E-state index contributed by atoms with van der Waals surface area (Å²) in [5.74, 6) is -3.13. The van der Waals surface area contributed by atoms with Gasteiger partial charge in [0.25, 0.3) is 0 Å². The molecule has 29 heavy (non-hydrogen) atoms. The third-order valence-electron chi connectivity index (χ3n) is 3.40. The molecule has 0 atom stereocenters. The molecule has 0 saturated heterocycles. The van der Waals surface area contributed by atoms with Crippen molar-refractivity contribution in [3.8, 4) is 5.75 Å². The zero-order chi connectivity index (χ0) is 21.4. The van der Waals surface area contributed by atoms with Crippen molar-refractivity contribution in [1.82, 2.24) is 4.72 Å². The first-order valence-corrected chi connectivity index (χ1v) is 11.2. The molecule has 0 fully saturated rings. The number of hydrogen-bond donors (Lipinski definition) is 1. The monoisotopic (exact) mass is 465 g/mol. The maximum absolute atomic E-state index is 14.0. The van der Waals surface area contributed by atoms with E-state index in [2.05, 4.69) is 9.46 Å². The molecule has 2 rings (SSSR count). The van der Waals surface area contributed by atoms with Crippen LogP contribution in [0.5, 0.6) is 5.75 Å². The number of carbonyl (C=O) groups excluding carboxylic acids is 1.